The minimum atomic E-state index is -0.477. The third-order valence-corrected chi connectivity index (χ3v) is 7.45. The van der Waals surface area contributed by atoms with Gasteiger partial charge in [0, 0.05) is 26.6 Å². The number of amides is 1. The van der Waals surface area contributed by atoms with E-state index in [4.69, 9.17) is 9.47 Å². The molecule has 0 aliphatic carbocycles. The van der Waals surface area contributed by atoms with Gasteiger partial charge in [-0.05, 0) is 44.4 Å². The molecule has 0 unspecified atom stereocenters. The molecular formula is C21H38N2O4. The second kappa shape index (κ2) is 8.91. The maximum atomic E-state index is 13.6. The van der Waals surface area contributed by atoms with Gasteiger partial charge >= 0.3 is 5.97 Å². The van der Waals surface area contributed by atoms with Gasteiger partial charge in [-0.1, -0.05) is 27.7 Å². The molecular weight excluding hydrogens is 344 g/mol. The molecule has 0 aromatic rings. The summed E-state index contributed by atoms with van der Waals surface area (Å²) in [5.41, 5.74) is -0.693. The maximum absolute atomic E-state index is 13.6. The van der Waals surface area contributed by atoms with Gasteiger partial charge in [0.05, 0.1) is 24.2 Å². The minimum Gasteiger partial charge on any atom is -0.469 e. The van der Waals surface area contributed by atoms with Crippen molar-refractivity contribution in [1.82, 2.24) is 10.0 Å². The van der Waals surface area contributed by atoms with E-state index in [1.807, 2.05) is 11.9 Å². The summed E-state index contributed by atoms with van der Waals surface area (Å²) in [4.78, 5) is 25.4. The standard InChI is InChI=1S/C21H38N2O4/c1-7-20(16(4)15-18(24)26-5)12-14-23(19(20)25)22-13-10-11-17(22)21(8-2,9-3)27-6/h16-17H,7-15H2,1-6H3/t16-,17+,20-/m1/s1. The Morgan fingerprint density at radius 3 is 2.44 bits per heavy atom. The first-order valence-corrected chi connectivity index (χ1v) is 10.6. The van der Waals surface area contributed by atoms with Gasteiger partial charge in [-0.15, -0.1) is 0 Å². The van der Waals surface area contributed by atoms with Gasteiger partial charge in [-0.25, -0.2) is 5.01 Å². The van der Waals surface area contributed by atoms with Crippen molar-refractivity contribution in [3.05, 3.63) is 0 Å². The molecule has 1 amide bonds. The molecule has 0 radical (unpaired) electrons. The lowest BCUT2D eigenvalue weighted by atomic mass is 9.71. The topological polar surface area (TPSA) is 59.1 Å². The second-order valence-electron chi connectivity index (χ2n) is 8.17. The number of esters is 1. The zero-order valence-corrected chi connectivity index (χ0v) is 18.0. The number of hydrogen-bond donors (Lipinski definition) is 0. The monoisotopic (exact) mass is 382 g/mol. The van der Waals surface area contributed by atoms with Gasteiger partial charge in [0.25, 0.3) is 0 Å². The normalized spacial score (nSPS) is 28.0. The Labute approximate surface area is 164 Å². The maximum Gasteiger partial charge on any atom is 0.305 e. The van der Waals surface area contributed by atoms with E-state index in [1.54, 1.807) is 7.11 Å². The van der Waals surface area contributed by atoms with Crippen LogP contribution >= 0.6 is 0 Å². The second-order valence-corrected chi connectivity index (χ2v) is 8.17. The van der Waals surface area contributed by atoms with Crippen LogP contribution in [0.5, 0.6) is 0 Å². The molecule has 2 fully saturated rings. The van der Waals surface area contributed by atoms with Crippen LogP contribution in [0.1, 0.15) is 72.6 Å². The number of hydrogen-bond acceptors (Lipinski definition) is 5. The van der Waals surface area contributed by atoms with Crippen LogP contribution in [0.25, 0.3) is 0 Å². The summed E-state index contributed by atoms with van der Waals surface area (Å²) in [6.07, 6.45) is 5.82. The number of nitrogens with zero attached hydrogens (tertiary/aromatic N) is 2. The zero-order valence-electron chi connectivity index (χ0n) is 18.0. The van der Waals surface area contributed by atoms with Gasteiger partial charge in [0.2, 0.25) is 5.91 Å². The van der Waals surface area contributed by atoms with Crippen molar-refractivity contribution in [3.63, 3.8) is 0 Å². The molecule has 2 saturated heterocycles. The summed E-state index contributed by atoms with van der Waals surface area (Å²) < 4.78 is 10.8. The van der Waals surface area contributed by atoms with Gasteiger partial charge in [0.1, 0.15) is 0 Å². The Morgan fingerprint density at radius 1 is 1.26 bits per heavy atom. The summed E-state index contributed by atoms with van der Waals surface area (Å²) in [6.45, 7) is 10.0. The average Bonchev–Trinajstić information content (AvgIpc) is 3.29. The lowest BCUT2D eigenvalue weighted by Crippen LogP contribution is -2.57. The number of hydrazine groups is 1. The van der Waals surface area contributed by atoms with Crippen molar-refractivity contribution < 1.29 is 19.1 Å². The van der Waals surface area contributed by atoms with Crippen molar-refractivity contribution in [3.8, 4) is 0 Å². The molecule has 156 valence electrons. The summed E-state index contributed by atoms with van der Waals surface area (Å²) in [5.74, 6) is -0.0977. The molecule has 0 aromatic carbocycles. The van der Waals surface area contributed by atoms with Crippen molar-refractivity contribution in [1.29, 1.82) is 0 Å². The third kappa shape index (κ3) is 3.75. The van der Waals surface area contributed by atoms with E-state index in [2.05, 4.69) is 25.8 Å². The van der Waals surface area contributed by atoms with Gasteiger partial charge in [-0.2, -0.15) is 0 Å². The van der Waals surface area contributed by atoms with Crippen LogP contribution in [0.4, 0.5) is 0 Å². The smallest absolute Gasteiger partial charge is 0.305 e. The van der Waals surface area contributed by atoms with Crippen molar-refractivity contribution in [2.45, 2.75) is 84.3 Å². The van der Waals surface area contributed by atoms with Crippen LogP contribution in [0.3, 0.4) is 0 Å². The highest BCUT2D eigenvalue weighted by atomic mass is 16.5. The fraction of sp³-hybridized carbons (Fsp3) is 0.905. The van der Waals surface area contributed by atoms with Gasteiger partial charge in [0.15, 0.2) is 0 Å². The van der Waals surface area contributed by atoms with E-state index >= 15 is 0 Å². The first-order chi connectivity index (χ1) is 12.9. The average molecular weight is 383 g/mol. The summed E-state index contributed by atoms with van der Waals surface area (Å²) in [6, 6.07) is 0.227. The fourth-order valence-corrected chi connectivity index (χ4v) is 5.40. The molecule has 2 aliphatic rings. The van der Waals surface area contributed by atoms with E-state index in [9.17, 15) is 9.59 Å². The van der Waals surface area contributed by atoms with E-state index < -0.39 is 5.41 Å². The Bertz CT molecular complexity index is 526. The van der Waals surface area contributed by atoms with Crippen molar-refractivity contribution in [2.24, 2.45) is 11.3 Å². The molecule has 0 bridgehead atoms. The lowest BCUT2D eigenvalue weighted by molar-refractivity contribution is -0.168. The van der Waals surface area contributed by atoms with E-state index in [-0.39, 0.29) is 29.4 Å². The van der Waals surface area contributed by atoms with E-state index in [0.717, 1.165) is 51.6 Å². The van der Waals surface area contributed by atoms with Crippen LogP contribution in [0, 0.1) is 11.3 Å². The summed E-state index contributed by atoms with van der Waals surface area (Å²) in [5, 5.41) is 4.26. The highest BCUT2D eigenvalue weighted by Gasteiger charge is 2.54. The zero-order chi connectivity index (χ0) is 20.2. The summed E-state index contributed by atoms with van der Waals surface area (Å²) in [7, 11) is 3.20. The molecule has 3 atom stereocenters. The van der Waals surface area contributed by atoms with Crippen LogP contribution in [0.2, 0.25) is 0 Å². The largest absolute Gasteiger partial charge is 0.469 e. The molecule has 6 heteroatoms. The predicted molar refractivity (Wildman–Crippen MR) is 105 cm³/mol. The lowest BCUT2D eigenvalue weighted by Gasteiger charge is -2.45. The molecule has 0 aromatic heterocycles. The first kappa shape index (κ1) is 22.2. The number of methoxy groups -OCH3 is 2. The molecule has 2 aliphatic heterocycles. The van der Waals surface area contributed by atoms with E-state index in [1.165, 1.54) is 7.11 Å². The quantitative estimate of drug-likeness (QED) is 0.572. The Morgan fingerprint density at radius 2 is 1.93 bits per heavy atom. The SMILES string of the molecule is CCC(CC)(OC)[C@@H]1CCCN1N1CC[C@](CC)([C@H](C)CC(=O)OC)C1=O. The van der Waals surface area contributed by atoms with E-state index in [0.29, 0.717) is 6.42 Å². The van der Waals surface area contributed by atoms with Gasteiger partial charge in [-0.3, -0.25) is 14.6 Å². The molecule has 6 nitrogen and oxygen atoms in total. The predicted octanol–water partition coefficient (Wildman–Crippen LogP) is 3.40. The Hall–Kier alpha value is -1.14. The molecule has 0 N–H and O–H groups in total. The van der Waals surface area contributed by atoms with Crippen LogP contribution in [0.15, 0.2) is 0 Å². The number of rotatable bonds is 9. The minimum absolute atomic E-state index is 0.0296. The molecule has 27 heavy (non-hydrogen) atoms. The number of carbonyl (C=O) groups is 2. The molecule has 2 rings (SSSR count). The van der Waals surface area contributed by atoms with Crippen molar-refractivity contribution >= 4 is 11.9 Å². The van der Waals surface area contributed by atoms with Crippen LogP contribution in [-0.4, -0.2) is 60.8 Å². The molecule has 2 heterocycles. The highest BCUT2D eigenvalue weighted by molar-refractivity contribution is 5.85. The Balaban J connectivity index is 2.25. The number of carbonyl (C=O) groups excluding carboxylic acids is 2. The van der Waals surface area contributed by atoms with Gasteiger partial charge < -0.3 is 9.47 Å². The third-order valence-electron chi connectivity index (χ3n) is 7.45. The number of ether oxygens (including phenoxy) is 2. The molecule has 0 saturated carbocycles. The van der Waals surface area contributed by atoms with Crippen LogP contribution in [-0.2, 0) is 19.1 Å². The Kier molecular flexibility index (Phi) is 7.31. The highest BCUT2D eigenvalue weighted by Crippen LogP contribution is 2.46. The fourth-order valence-electron chi connectivity index (χ4n) is 5.40. The van der Waals surface area contributed by atoms with Crippen molar-refractivity contribution in [2.75, 3.05) is 27.3 Å². The molecule has 0 spiro atoms. The van der Waals surface area contributed by atoms with Crippen LogP contribution < -0.4 is 0 Å². The first-order valence-electron chi connectivity index (χ1n) is 10.6. The summed E-state index contributed by atoms with van der Waals surface area (Å²) >= 11 is 0.